The van der Waals surface area contributed by atoms with Gasteiger partial charge in [0.25, 0.3) is 0 Å². The van der Waals surface area contributed by atoms with E-state index in [1.54, 1.807) is 12.1 Å². The summed E-state index contributed by atoms with van der Waals surface area (Å²) < 4.78 is 5.65. The molecule has 0 bridgehead atoms. The van der Waals surface area contributed by atoms with Crippen LogP contribution in [0.5, 0.6) is 5.75 Å². The summed E-state index contributed by atoms with van der Waals surface area (Å²) in [5.74, 6) is -0.412. The minimum Gasteiger partial charge on any atom is -0.492 e. The molecular formula is C16H24O3. The molecule has 0 saturated heterocycles. The van der Waals surface area contributed by atoms with Crippen molar-refractivity contribution in [3.63, 3.8) is 0 Å². The highest BCUT2D eigenvalue weighted by Gasteiger charge is 2.12. The number of carboxylic acid groups (broad SMARTS) is 1. The lowest BCUT2D eigenvalue weighted by molar-refractivity contribution is 0.0692. The second-order valence-electron chi connectivity index (χ2n) is 4.87. The molecule has 0 atom stereocenters. The largest absolute Gasteiger partial charge is 0.492 e. The molecule has 0 aliphatic heterocycles. The van der Waals surface area contributed by atoms with Gasteiger partial charge in [-0.2, -0.15) is 0 Å². The first-order valence-corrected chi connectivity index (χ1v) is 7.12. The molecule has 3 heteroatoms. The Kier molecular flexibility index (Phi) is 7.01. The Hall–Kier alpha value is -1.51. The third kappa shape index (κ3) is 5.33. The van der Waals surface area contributed by atoms with Crippen molar-refractivity contribution >= 4 is 5.97 Å². The molecule has 0 spiro atoms. The SMILES string of the molecule is CCCCCCCCOc1c(C)cccc1C(=O)O. The highest BCUT2D eigenvalue weighted by molar-refractivity contribution is 5.91. The van der Waals surface area contributed by atoms with Gasteiger partial charge < -0.3 is 9.84 Å². The summed E-state index contributed by atoms with van der Waals surface area (Å²) in [6, 6.07) is 5.21. The molecule has 0 aliphatic carbocycles. The van der Waals surface area contributed by atoms with Crippen LogP contribution in [0, 0.1) is 6.92 Å². The Bertz CT molecular complexity index is 399. The second-order valence-corrected chi connectivity index (χ2v) is 4.87. The maximum atomic E-state index is 11.1. The Morgan fingerprint density at radius 2 is 1.84 bits per heavy atom. The predicted molar refractivity (Wildman–Crippen MR) is 77.0 cm³/mol. The van der Waals surface area contributed by atoms with Crippen molar-refractivity contribution in [1.82, 2.24) is 0 Å². The molecule has 0 heterocycles. The van der Waals surface area contributed by atoms with Crippen LogP contribution in [0.2, 0.25) is 0 Å². The topological polar surface area (TPSA) is 46.5 Å². The van der Waals surface area contributed by atoms with E-state index >= 15 is 0 Å². The molecule has 19 heavy (non-hydrogen) atoms. The van der Waals surface area contributed by atoms with E-state index in [0.29, 0.717) is 12.4 Å². The smallest absolute Gasteiger partial charge is 0.339 e. The van der Waals surface area contributed by atoms with Crippen LogP contribution in [0.4, 0.5) is 0 Å². The number of ether oxygens (including phenoxy) is 1. The molecule has 0 unspecified atom stereocenters. The Labute approximate surface area is 115 Å². The van der Waals surface area contributed by atoms with E-state index in [0.717, 1.165) is 18.4 Å². The monoisotopic (exact) mass is 264 g/mol. The number of aryl methyl sites for hydroxylation is 1. The van der Waals surface area contributed by atoms with Crippen molar-refractivity contribution < 1.29 is 14.6 Å². The van der Waals surface area contributed by atoms with Gasteiger partial charge in [-0.05, 0) is 25.0 Å². The molecular weight excluding hydrogens is 240 g/mol. The van der Waals surface area contributed by atoms with Crippen molar-refractivity contribution in [3.8, 4) is 5.75 Å². The second kappa shape index (κ2) is 8.57. The van der Waals surface area contributed by atoms with Crippen LogP contribution >= 0.6 is 0 Å². The zero-order valence-electron chi connectivity index (χ0n) is 11.9. The molecule has 3 nitrogen and oxygen atoms in total. The summed E-state index contributed by atoms with van der Waals surface area (Å²) in [7, 11) is 0. The van der Waals surface area contributed by atoms with Gasteiger partial charge in [-0.15, -0.1) is 0 Å². The normalized spacial score (nSPS) is 10.4. The van der Waals surface area contributed by atoms with Crippen molar-refractivity contribution in [1.29, 1.82) is 0 Å². The van der Waals surface area contributed by atoms with Crippen molar-refractivity contribution in [2.45, 2.75) is 52.4 Å². The lowest BCUT2D eigenvalue weighted by Gasteiger charge is -2.11. The fraction of sp³-hybridized carbons (Fsp3) is 0.562. The maximum absolute atomic E-state index is 11.1. The quantitative estimate of drug-likeness (QED) is 0.671. The third-order valence-corrected chi connectivity index (χ3v) is 3.19. The molecule has 0 saturated carbocycles. The van der Waals surface area contributed by atoms with Gasteiger partial charge in [-0.1, -0.05) is 51.2 Å². The van der Waals surface area contributed by atoms with E-state index in [4.69, 9.17) is 9.84 Å². The highest BCUT2D eigenvalue weighted by atomic mass is 16.5. The van der Waals surface area contributed by atoms with Gasteiger partial charge in [0.05, 0.1) is 6.61 Å². The molecule has 0 aromatic heterocycles. The van der Waals surface area contributed by atoms with E-state index in [2.05, 4.69) is 6.92 Å². The van der Waals surface area contributed by atoms with E-state index in [1.807, 2.05) is 13.0 Å². The van der Waals surface area contributed by atoms with Gasteiger partial charge in [0.2, 0.25) is 0 Å². The minimum absolute atomic E-state index is 0.256. The molecule has 106 valence electrons. The number of hydrogen-bond acceptors (Lipinski definition) is 2. The molecule has 1 aromatic carbocycles. The van der Waals surface area contributed by atoms with Crippen LogP contribution in [0.1, 0.15) is 61.4 Å². The van der Waals surface area contributed by atoms with Gasteiger partial charge in [-0.3, -0.25) is 0 Å². The van der Waals surface area contributed by atoms with Crippen LogP contribution in [0.15, 0.2) is 18.2 Å². The minimum atomic E-state index is -0.929. The number of para-hydroxylation sites is 1. The summed E-state index contributed by atoms with van der Waals surface area (Å²) in [4.78, 5) is 11.1. The number of unbranched alkanes of at least 4 members (excludes halogenated alkanes) is 5. The average molecular weight is 264 g/mol. The van der Waals surface area contributed by atoms with Crippen LogP contribution in [0.3, 0.4) is 0 Å². The molecule has 0 amide bonds. The van der Waals surface area contributed by atoms with Crippen LogP contribution in [0.25, 0.3) is 0 Å². The fourth-order valence-electron chi connectivity index (χ4n) is 2.07. The third-order valence-electron chi connectivity index (χ3n) is 3.19. The zero-order valence-corrected chi connectivity index (χ0v) is 11.9. The summed E-state index contributed by atoms with van der Waals surface area (Å²) in [6.07, 6.45) is 7.19. The van der Waals surface area contributed by atoms with Gasteiger partial charge >= 0.3 is 5.97 Å². The Morgan fingerprint density at radius 1 is 1.16 bits per heavy atom. The zero-order chi connectivity index (χ0) is 14.1. The molecule has 0 aliphatic rings. The number of benzene rings is 1. The molecule has 0 radical (unpaired) electrons. The first-order chi connectivity index (χ1) is 9.16. The number of hydrogen-bond donors (Lipinski definition) is 1. The van der Waals surface area contributed by atoms with E-state index in [9.17, 15) is 4.79 Å². The molecule has 0 fully saturated rings. The number of carbonyl (C=O) groups is 1. The average Bonchev–Trinajstić information content (AvgIpc) is 2.39. The summed E-state index contributed by atoms with van der Waals surface area (Å²) in [6.45, 7) is 4.68. The fourth-order valence-corrected chi connectivity index (χ4v) is 2.07. The number of carboxylic acids is 1. The van der Waals surface area contributed by atoms with Gasteiger partial charge in [0.15, 0.2) is 0 Å². The highest BCUT2D eigenvalue weighted by Crippen LogP contribution is 2.23. The van der Waals surface area contributed by atoms with Crippen LogP contribution in [-0.4, -0.2) is 17.7 Å². The lowest BCUT2D eigenvalue weighted by atomic mass is 10.1. The first kappa shape index (κ1) is 15.5. The van der Waals surface area contributed by atoms with Gasteiger partial charge in [0, 0.05) is 0 Å². The number of rotatable bonds is 9. The van der Waals surface area contributed by atoms with Crippen molar-refractivity contribution in [3.05, 3.63) is 29.3 Å². The summed E-state index contributed by atoms with van der Waals surface area (Å²) in [5.41, 5.74) is 1.14. The van der Waals surface area contributed by atoms with Gasteiger partial charge in [0.1, 0.15) is 11.3 Å². The molecule has 1 rings (SSSR count). The van der Waals surface area contributed by atoms with Crippen LogP contribution in [-0.2, 0) is 0 Å². The first-order valence-electron chi connectivity index (χ1n) is 7.12. The summed E-state index contributed by atoms with van der Waals surface area (Å²) in [5, 5.41) is 9.11. The van der Waals surface area contributed by atoms with Crippen molar-refractivity contribution in [2.24, 2.45) is 0 Å². The molecule has 1 aromatic rings. The number of aromatic carboxylic acids is 1. The van der Waals surface area contributed by atoms with Crippen molar-refractivity contribution in [2.75, 3.05) is 6.61 Å². The van der Waals surface area contributed by atoms with E-state index < -0.39 is 5.97 Å². The van der Waals surface area contributed by atoms with E-state index in [1.165, 1.54) is 25.7 Å². The standard InChI is InChI=1S/C16H24O3/c1-3-4-5-6-7-8-12-19-15-13(2)10-9-11-14(15)16(17)18/h9-11H,3-8,12H2,1-2H3,(H,17,18). The molecule has 1 N–H and O–H groups in total. The van der Waals surface area contributed by atoms with Crippen LogP contribution < -0.4 is 4.74 Å². The lowest BCUT2D eigenvalue weighted by Crippen LogP contribution is -2.06. The summed E-state index contributed by atoms with van der Waals surface area (Å²) >= 11 is 0. The Balaban J connectivity index is 2.38. The van der Waals surface area contributed by atoms with E-state index in [-0.39, 0.29) is 5.56 Å². The Morgan fingerprint density at radius 3 is 2.53 bits per heavy atom. The van der Waals surface area contributed by atoms with Gasteiger partial charge in [-0.25, -0.2) is 4.79 Å². The maximum Gasteiger partial charge on any atom is 0.339 e. The predicted octanol–water partition coefficient (Wildman–Crippen LogP) is 4.43.